The van der Waals surface area contributed by atoms with E-state index in [1.165, 1.54) is 0 Å². The summed E-state index contributed by atoms with van der Waals surface area (Å²) in [6, 6.07) is 0.417. The largest absolute Gasteiger partial charge is 0.339 e. The minimum absolute atomic E-state index is 0.124. The van der Waals surface area contributed by atoms with E-state index in [2.05, 4.69) is 19.6 Å². The molecule has 13 heavy (non-hydrogen) atoms. The lowest BCUT2D eigenvalue weighted by Crippen LogP contribution is -2.40. The Labute approximate surface area is 86.1 Å². The minimum Gasteiger partial charge on any atom is -0.339 e. The Balaban J connectivity index is 2.56. The first-order chi connectivity index (χ1) is 6.04. The van der Waals surface area contributed by atoms with Crippen LogP contribution in [-0.2, 0) is 4.79 Å². The van der Waals surface area contributed by atoms with E-state index < -0.39 is 0 Å². The smallest absolute Gasteiger partial charge is 0.235 e. The highest BCUT2D eigenvalue weighted by Gasteiger charge is 2.30. The molecule has 2 atom stereocenters. The van der Waals surface area contributed by atoms with Crippen LogP contribution in [0.25, 0.3) is 0 Å². The van der Waals surface area contributed by atoms with Gasteiger partial charge in [-0.15, -0.1) is 0 Å². The number of amides is 1. The van der Waals surface area contributed by atoms with E-state index in [1.807, 2.05) is 18.7 Å². The lowest BCUT2D eigenvalue weighted by molar-refractivity contribution is -0.131. The Kier molecular flexibility index (Phi) is 3.65. The summed E-state index contributed by atoms with van der Waals surface area (Å²) in [5, 5.41) is -0.124. The van der Waals surface area contributed by atoms with Crippen LogP contribution in [0.2, 0.25) is 0 Å². The molecule has 76 valence electrons. The number of likely N-dealkylation sites (tertiary alicyclic amines) is 1. The van der Waals surface area contributed by atoms with Gasteiger partial charge in [0.05, 0.1) is 5.25 Å². The van der Waals surface area contributed by atoms with Crippen molar-refractivity contribution in [3.05, 3.63) is 0 Å². The van der Waals surface area contributed by atoms with E-state index in [4.69, 9.17) is 0 Å². The summed E-state index contributed by atoms with van der Waals surface area (Å²) >= 11 is 4.34. The summed E-state index contributed by atoms with van der Waals surface area (Å²) in [4.78, 5) is 13.8. The molecule has 1 fully saturated rings. The molecule has 0 radical (unpaired) electrons. The number of carbonyl (C=O) groups is 1. The van der Waals surface area contributed by atoms with Crippen molar-refractivity contribution in [1.29, 1.82) is 0 Å². The first-order valence-electron chi connectivity index (χ1n) is 5.02. The zero-order valence-electron chi connectivity index (χ0n) is 8.66. The van der Waals surface area contributed by atoms with E-state index in [0.717, 1.165) is 19.4 Å². The average molecular weight is 201 g/mol. The molecular formula is C10H19NOS. The third-order valence-electron chi connectivity index (χ3n) is 2.72. The number of carbonyl (C=O) groups excluding carboxylic acids is 1. The summed E-state index contributed by atoms with van der Waals surface area (Å²) in [5.41, 5.74) is 0. The molecule has 2 unspecified atom stereocenters. The third kappa shape index (κ3) is 2.39. The molecule has 1 saturated heterocycles. The van der Waals surface area contributed by atoms with Gasteiger partial charge < -0.3 is 4.90 Å². The quantitative estimate of drug-likeness (QED) is 0.677. The van der Waals surface area contributed by atoms with E-state index in [9.17, 15) is 4.79 Å². The van der Waals surface area contributed by atoms with Crippen LogP contribution >= 0.6 is 12.6 Å². The zero-order chi connectivity index (χ0) is 10.0. The third-order valence-corrected chi connectivity index (χ3v) is 3.54. The molecule has 1 aliphatic rings. The number of nitrogens with zero attached hydrogens (tertiary/aromatic N) is 1. The molecule has 0 aromatic rings. The van der Waals surface area contributed by atoms with Gasteiger partial charge >= 0.3 is 0 Å². The molecule has 0 aliphatic carbocycles. The molecule has 0 spiro atoms. The van der Waals surface area contributed by atoms with Crippen LogP contribution in [0.4, 0.5) is 0 Å². The van der Waals surface area contributed by atoms with Crippen molar-refractivity contribution in [3.8, 4) is 0 Å². The predicted octanol–water partition coefficient (Wildman–Crippen LogP) is 1.95. The summed E-state index contributed by atoms with van der Waals surface area (Å²) in [6.07, 6.45) is 2.29. The van der Waals surface area contributed by atoms with E-state index in [1.54, 1.807) is 0 Å². The Morgan fingerprint density at radius 1 is 1.54 bits per heavy atom. The maximum absolute atomic E-state index is 11.8. The summed E-state index contributed by atoms with van der Waals surface area (Å²) in [6.45, 7) is 7.11. The van der Waals surface area contributed by atoms with Crippen molar-refractivity contribution in [1.82, 2.24) is 4.90 Å². The molecule has 1 aliphatic heterocycles. The monoisotopic (exact) mass is 201 g/mol. The Bertz CT molecular complexity index is 193. The maximum Gasteiger partial charge on any atom is 0.235 e. The van der Waals surface area contributed by atoms with Gasteiger partial charge in [0.1, 0.15) is 0 Å². The molecule has 0 aromatic heterocycles. The molecule has 1 amide bonds. The second-order valence-electron chi connectivity index (χ2n) is 4.21. The van der Waals surface area contributed by atoms with Gasteiger partial charge in [0.15, 0.2) is 0 Å². The van der Waals surface area contributed by atoms with Gasteiger partial charge in [0.25, 0.3) is 0 Å². The lowest BCUT2D eigenvalue weighted by atomic mass is 10.1. The number of thiol groups is 1. The van der Waals surface area contributed by atoms with Gasteiger partial charge in [-0.1, -0.05) is 13.8 Å². The molecule has 0 aromatic carbocycles. The second kappa shape index (κ2) is 4.36. The number of hydrogen-bond donors (Lipinski definition) is 1. The average Bonchev–Trinajstić information content (AvgIpc) is 2.48. The summed E-state index contributed by atoms with van der Waals surface area (Å²) < 4.78 is 0. The van der Waals surface area contributed by atoms with Crippen molar-refractivity contribution >= 4 is 18.5 Å². The predicted molar refractivity (Wildman–Crippen MR) is 58.0 cm³/mol. The first-order valence-corrected chi connectivity index (χ1v) is 5.54. The molecule has 3 heteroatoms. The van der Waals surface area contributed by atoms with Gasteiger partial charge in [-0.2, -0.15) is 12.6 Å². The summed E-state index contributed by atoms with van der Waals surface area (Å²) in [7, 11) is 0. The van der Waals surface area contributed by atoms with Gasteiger partial charge in [0.2, 0.25) is 5.91 Å². The van der Waals surface area contributed by atoms with Gasteiger partial charge in [-0.25, -0.2) is 0 Å². The minimum atomic E-state index is -0.124. The molecule has 0 N–H and O–H groups in total. The van der Waals surface area contributed by atoms with Crippen molar-refractivity contribution in [2.24, 2.45) is 5.92 Å². The maximum atomic E-state index is 11.8. The van der Waals surface area contributed by atoms with Crippen LogP contribution in [-0.4, -0.2) is 28.6 Å². The number of rotatable bonds is 2. The van der Waals surface area contributed by atoms with Crippen molar-refractivity contribution in [2.75, 3.05) is 6.54 Å². The fourth-order valence-electron chi connectivity index (χ4n) is 1.72. The highest BCUT2D eigenvalue weighted by molar-refractivity contribution is 7.81. The van der Waals surface area contributed by atoms with Crippen molar-refractivity contribution in [2.45, 2.75) is 44.9 Å². The standard InChI is InChI=1S/C10H19NOS/c1-7(2)9(13)10(12)11-6-4-5-8(11)3/h7-9,13H,4-6H2,1-3H3. The van der Waals surface area contributed by atoms with Crippen LogP contribution in [0, 0.1) is 5.92 Å². The highest BCUT2D eigenvalue weighted by Crippen LogP contribution is 2.21. The van der Waals surface area contributed by atoms with Crippen molar-refractivity contribution < 1.29 is 4.79 Å². The first kappa shape index (κ1) is 10.9. The van der Waals surface area contributed by atoms with Crippen LogP contribution in [0.1, 0.15) is 33.6 Å². The van der Waals surface area contributed by atoms with E-state index >= 15 is 0 Å². The molecule has 2 nitrogen and oxygen atoms in total. The Hall–Kier alpha value is -0.180. The van der Waals surface area contributed by atoms with E-state index in [-0.39, 0.29) is 11.2 Å². The second-order valence-corrected chi connectivity index (χ2v) is 4.77. The lowest BCUT2D eigenvalue weighted by Gasteiger charge is -2.26. The topological polar surface area (TPSA) is 20.3 Å². The Morgan fingerprint density at radius 3 is 2.54 bits per heavy atom. The van der Waals surface area contributed by atoms with Gasteiger partial charge in [-0.05, 0) is 25.7 Å². The zero-order valence-corrected chi connectivity index (χ0v) is 9.55. The molecule has 0 bridgehead atoms. The van der Waals surface area contributed by atoms with Gasteiger partial charge in [-0.3, -0.25) is 4.79 Å². The SMILES string of the molecule is CC(C)C(S)C(=O)N1CCCC1C. The Morgan fingerprint density at radius 2 is 2.15 bits per heavy atom. The molecule has 1 rings (SSSR count). The molecule has 0 saturated carbocycles. The highest BCUT2D eigenvalue weighted by atomic mass is 32.1. The fraction of sp³-hybridized carbons (Fsp3) is 0.900. The summed E-state index contributed by atoms with van der Waals surface area (Å²) in [5.74, 6) is 0.534. The fourth-order valence-corrected chi connectivity index (χ4v) is 1.86. The van der Waals surface area contributed by atoms with Crippen LogP contribution < -0.4 is 0 Å². The van der Waals surface area contributed by atoms with Crippen LogP contribution in [0.15, 0.2) is 0 Å². The van der Waals surface area contributed by atoms with E-state index in [0.29, 0.717) is 12.0 Å². The molecular weight excluding hydrogens is 182 g/mol. The molecule has 1 heterocycles. The van der Waals surface area contributed by atoms with Gasteiger partial charge in [0, 0.05) is 12.6 Å². The van der Waals surface area contributed by atoms with Crippen LogP contribution in [0.5, 0.6) is 0 Å². The van der Waals surface area contributed by atoms with Crippen LogP contribution in [0.3, 0.4) is 0 Å². The normalized spacial score (nSPS) is 25.3. The van der Waals surface area contributed by atoms with Crippen molar-refractivity contribution in [3.63, 3.8) is 0 Å². The number of hydrogen-bond acceptors (Lipinski definition) is 2.